The molecule has 0 fully saturated rings. The number of allylic oxidation sites excluding steroid dienone is 1. The van der Waals surface area contributed by atoms with Gasteiger partial charge in [0.15, 0.2) is 0 Å². The van der Waals surface area contributed by atoms with Gasteiger partial charge in [-0.2, -0.15) is 0 Å². The smallest absolute Gasteiger partial charge is 0.0952 e. The Morgan fingerprint density at radius 3 is 2.45 bits per heavy atom. The molecule has 0 spiro atoms. The van der Waals surface area contributed by atoms with E-state index in [1.54, 1.807) is 0 Å². The summed E-state index contributed by atoms with van der Waals surface area (Å²) >= 11 is 0. The van der Waals surface area contributed by atoms with E-state index in [4.69, 9.17) is 0 Å². The second-order valence-corrected chi connectivity index (χ2v) is 7.52. The van der Waals surface area contributed by atoms with Gasteiger partial charge in [0.1, 0.15) is 0 Å². The maximum absolute atomic E-state index is 12.3. The molecule has 0 radical (unpaired) electrons. The maximum atomic E-state index is 12.3. The summed E-state index contributed by atoms with van der Waals surface area (Å²) < 4.78 is 15.7. The lowest BCUT2D eigenvalue weighted by molar-refractivity contribution is 0.517. The van der Waals surface area contributed by atoms with Crippen LogP contribution in [0.3, 0.4) is 0 Å². The normalized spacial score (nSPS) is 17.1. The molecule has 0 saturated carbocycles. The quantitative estimate of drug-likeness (QED) is 0.756. The first-order valence-electron chi connectivity index (χ1n) is 7.24. The van der Waals surface area contributed by atoms with Gasteiger partial charge in [-0.15, -0.1) is 0 Å². The number of rotatable bonds is 7. The predicted octanol–water partition coefficient (Wildman–Crippen LogP) is 4.01. The summed E-state index contributed by atoms with van der Waals surface area (Å²) in [5, 5.41) is 0.163. The first-order valence-corrected chi connectivity index (χ1v) is 8.46. The number of nitrogens with one attached hydrogen (secondary N) is 1. The highest BCUT2D eigenvalue weighted by atomic mass is 32.2. The van der Waals surface area contributed by atoms with E-state index < -0.39 is 11.0 Å². The summed E-state index contributed by atoms with van der Waals surface area (Å²) in [5.74, 6) is 0. The van der Waals surface area contributed by atoms with Crippen LogP contribution in [0.1, 0.15) is 46.6 Å². The Morgan fingerprint density at radius 2 is 1.95 bits per heavy atom. The Morgan fingerprint density at radius 1 is 1.35 bits per heavy atom. The molecule has 0 aromatic heterocycles. The fourth-order valence-electron chi connectivity index (χ4n) is 2.26. The zero-order valence-corrected chi connectivity index (χ0v) is 14.1. The van der Waals surface area contributed by atoms with Gasteiger partial charge < -0.3 is 0 Å². The van der Waals surface area contributed by atoms with E-state index >= 15 is 0 Å². The van der Waals surface area contributed by atoms with E-state index in [2.05, 4.69) is 50.6 Å². The third kappa shape index (κ3) is 5.59. The zero-order valence-electron chi connectivity index (χ0n) is 13.3. The first kappa shape index (κ1) is 17.1. The van der Waals surface area contributed by atoms with E-state index in [-0.39, 0.29) is 10.8 Å². The van der Waals surface area contributed by atoms with Gasteiger partial charge in [-0.3, -0.25) is 0 Å². The molecule has 1 rings (SSSR count). The summed E-state index contributed by atoms with van der Waals surface area (Å²) in [6.07, 6.45) is 3.93. The Labute approximate surface area is 126 Å². The lowest BCUT2D eigenvalue weighted by Gasteiger charge is -2.29. The number of hydrogen-bond acceptors (Lipinski definition) is 1. The van der Waals surface area contributed by atoms with E-state index in [1.165, 1.54) is 11.1 Å². The van der Waals surface area contributed by atoms with Crippen LogP contribution in [0.25, 0.3) is 0 Å². The summed E-state index contributed by atoms with van der Waals surface area (Å²) in [5.41, 5.74) is 2.20. The van der Waals surface area contributed by atoms with Gasteiger partial charge in [-0.05, 0) is 46.1 Å². The molecule has 0 aliphatic rings. The summed E-state index contributed by atoms with van der Waals surface area (Å²) in [6.45, 7) is 10.4. The third-order valence-electron chi connectivity index (χ3n) is 3.30. The molecule has 0 heterocycles. The van der Waals surface area contributed by atoms with E-state index in [0.29, 0.717) is 0 Å². The molecule has 0 aliphatic heterocycles. The van der Waals surface area contributed by atoms with Gasteiger partial charge in [-0.1, -0.05) is 48.9 Å². The lowest BCUT2D eigenvalue weighted by atomic mass is 9.92. The van der Waals surface area contributed by atoms with Gasteiger partial charge >= 0.3 is 0 Å². The van der Waals surface area contributed by atoms with Crippen LogP contribution in [-0.2, 0) is 17.4 Å². The minimum Gasteiger partial charge on any atom is -0.243 e. The predicted molar refractivity (Wildman–Crippen MR) is 89.0 cm³/mol. The van der Waals surface area contributed by atoms with Gasteiger partial charge in [0.05, 0.1) is 11.0 Å². The molecule has 1 N–H and O–H groups in total. The molecule has 1 aromatic rings. The molecule has 1 aromatic carbocycles. The highest BCUT2D eigenvalue weighted by molar-refractivity contribution is 7.83. The van der Waals surface area contributed by atoms with Crippen LogP contribution in [0.2, 0.25) is 0 Å². The van der Waals surface area contributed by atoms with Gasteiger partial charge in [0, 0.05) is 10.8 Å². The minimum atomic E-state index is -1.02. The molecular weight excluding hydrogens is 266 g/mol. The van der Waals surface area contributed by atoms with Gasteiger partial charge in [0.2, 0.25) is 0 Å². The van der Waals surface area contributed by atoms with Crippen molar-refractivity contribution < 1.29 is 4.21 Å². The molecule has 3 heteroatoms. The Bertz CT molecular complexity index is 465. The fourth-order valence-corrected chi connectivity index (χ4v) is 3.35. The van der Waals surface area contributed by atoms with Crippen molar-refractivity contribution in [3.05, 3.63) is 47.5 Å². The minimum absolute atomic E-state index is 0.163. The topological polar surface area (TPSA) is 29.1 Å². The van der Waals surface area contributed by atoms with Crippen molar-refractivity contribution in [2.45, 2.75) is 58.2 Å². The molecule has 112 valence electrons. The highest BCUT2D eigenvalue weighted by Gasteiger charge is 2.25. The van der Waals surface area contributed by atoms with Crippen LogP contribution in [0.5, 0.6) is 0 Å². The van der Waals surface area contributed by atoms with Crippen LogP contribution in [0.15, 0.2) is 42.0 Å². The zero-order chi connectivity index (χ0) is 15.2. The number of benzene rings is 1. The molecule has 3 atom stereocenters. The first-order chi connectivity index (χ1) is 9.36. The largest absolute Gasteiger partial charge is 0.243 e. The highest BCUT2D eigenvalue weighted by Crippen LogP contribution is 2.18. The van der Waals surface area contributed by atoms with Crippen LogP contribution >= 0.6 is 0 Å². The lowest BCUT2D eigenvalue weighted by Crippen LogP contribution is -2.46. The molecule has 0 saturated heterocycles. The molecule has 3 unspecified atom stereocenters. The second-order valence-electron chi connectivity index (χ2n) is 5.92. The van der Waals surface area contributed by atoms with Crippen LogP contribution in [0.4, 0.5) is 0 Å². The van der Waals surface area contributed by atoms with Crippen LogP contribution in [0, 0.1) is 0 Å². The van der Waals surface area contributed by atoms with Crippen molar-refractivity contribution >= 4 is 11.0 Å². The molecule has 0 bridgehead atoms. The van der Waals surface area contributed by atoms with Crippen LogP contribution in [-0.4, -0.2) is 15.0 Å². The van der Waals surface area contributed by atoms with Gasteiger partial charge in [-0.25, -0.2) is 8.93 Å². The van der Waals surface area contributed by atoms with Crippen molar-refractivity contribution in [1.29, 1.82) is 0 Å². The van der Waals surface area contributed by atoms with E-state index in [0.717, 1.165) is 12.8 Å². The summed E-state index contributed by atoms with van der Waals surface area (Å²) in [7, 11) is -1.02. The molecule has 0 aliphatic carbocycles. The molecule has 20 heavy (non-hydrogen) atoms. The molecule has 2 nitrogen and oxygen atoms in total. The van der Waals surface area contributed by atoms with E-state index in [9.17, 15) is 4.21 Å². The molecule has 0 amide bonds. The Hall–Kier alpha value is -0.930. The third-order valence-corrected chi connectivity index (χ3v) is 5.03. The second kappa shape index (κ2) is 7.75. The average Bonchev–Trinajstić information content (AvgIpc) is 2.37. The van der Waals surface area contributed by atoms with Crippen LogP contribution < -0.4 is 4.72 Å². The SMILES string of the molecule is CCC(C)S(=O)NC(C)(C=C(C)C)Cc1ccccc1. The monoisotopic (exact) mass is 293 g/mol. The van der Waals surface area contributed by atoms with Crippen molar-refractivity contribution in [3.63, 3.8) is 0 Å². The average molecular weight is 293 g/mol. The Kier molecular flexibility index (Phi) is 6.63. The van der Waals surface area contributed by atoms with Crippen molar-refractivity contribution in [2.24, 2.45) is 0 Å². The summed E-state index contributed by atoms with van der Waals surface area (Å²) in [4.78, 5) is 0. The van der Waals surface area contributed by atoms with E-state index in [1.807, 2.05) is 25.1 Å². The molecular formula is C17H27NOS. The van der Waals surface area contributed by atoms with Gasteiger partial charge in [0.25, 0.3) is 0 Å². The van der Waals surface area contributed by atoms with Crippen molar-refractivity contribution in [3.8, 4) is 0 Å². The van der Waals surface area contributed by atoms with Crippen molar-refractivity contribution in [1.82, 2.24) is 4.72 Å². The standard InChI is InChI=1S/C17H27NOS/c1-6-15(4)20(19)18-17(5,12-14(2)3)13-16-10-8-7-9-11-16/h7-12,15,18H,6,13H2,1-5H3. The number of hydrogen-bond donors (Lipinski definition) is 1. The Balaban J connectivity index is 2.92. The maximum Gasteiger partial charge on any atom is 0.0952 e. The van der Waals surface area contributed by atoms with Crippen molar-refractivity contribution in [2.75, 3.05) is 0 Å². The fraction of sp³-hybridized carbons (Fsp3) is 0.529. The summed E-state index contributed by atoms with van der Waals surface area (Å²) in [6, 6.07) is 10.3.